The summed E-state index contributed by atoms with van der Waals surface area (Å²) in [5.41, 5.74) is 0.413. The molecule has 130 valence electrons. The highest BCUT2D eigenvalue weighted by Crippen LogP contribution is 2.24. The van der Waals surface area contributed by atoms with Crippen LogP contribution in [0.4, 0.5) is 4.39 Å². The van der Waals surface area contributed by atoms with Crippen LogP contribution < -0.4 is 10.1 Å². The molecule has 1 aromatic carbocycles. The van der Waals surface area contributed by atoms with Crippen LogP contribution in [0.3, 0.4) is 0 Å². The van der Waals surface area contributed by atoms with E-state index >= 15 is 0 Å². The second-order valence-corrected chi connectivity index (χ2v) is 5.88. The van der Waals surface area contributed by atoms with Gasteiger partial charge in [0, 0.05) is 12.4 Å². The second-order valence-electron chi connectivity index (χ2n) is 5.88. The van der Waals surface area contributed by atoms with Crippen molar-refractivity contribution >= 4 is 16.9 Å². The fraction of sp³-hybridized carbons (Fsp3) is 0.294. The van der Waals surface area contributed by atoms with Gasteiger partial charge >= 0.3 is 0 Å². The van der Waals surface area contributed by atoms with Crippen LogP contribution in [0.1, 0.15) is 10.4 Å². The third-order valence-electron chi connectivity index (χ3n) is 4.13. The number of fused-ring (bicyclic) bond motifs is 1. The number of aromatic nitrogens is 2. The Bertz CT molecular complexity index is 920. The number of benzene rings is 1. The minimum atomic E-state index is -0.501. The van der Waals surface area contributed by atoms with Crippen molar-refractivity contribution in [3.05, 3.63) is 48.2 Å². The number of halogens is 1. The summed E-state index contributed by atoms with van der Waals surface area (Å²) in [6, 6.07) is 3.91. The fourth-order valence-electron chi connectivity index (χ4n) is 2.89. The summed E-state index contributed by atoms with van der Waals surface area (Å²) in [5, 5.41) is 7.37. The van der Waals surface area contributed by atoms with Crippen molar-refractivity contribution in [2.75, 3.05) is 13.2 Å². The molecular formula is C17H16FN3O4. The standard InChI is InChI=1S/C17H16FN3O4/c1-21-7-10(6-19-21)25-15-9-23-8-14(15)20-17(22)12-2-3-13(18)16-11(12)4-5-24-16/h2-7,14-15H,8-9H2,1H3,(H,20,22)/t14-,15+/m0/s1. The van der Waals surface area contributed by atoms with Crippen molar-refractivity contribution in [2.24, 2.45) is 7.05 Å². The smallest absolute Gasteiger partial charge is 0.252 e. The Labute approximate surface area is 142 Å². The third kappa shape index (κ3) is 2.96. The van der Waals surface area contributed by atoms with Crippen LogP contribution >= 0.6 is 0 Å². The maximum atomic E-state index is 13.7. The van der Waals surface area contributed by atoms with Crippen molar-refractivity contribution in [3.63, 3.8) is 0 Å². The first-order chi connectivity index (χ1) is 12.1. The van der Waals surface area contributed by atoms with Gasteiger partial charge in [0.25, 0.3) is 5.91 Å². The van der Waals surface area contributed by atoms with Gasteiger partial charge in [0.05, 0.1) is 43.5 Å². The van der Waals surface area contributed by atoms with Crippen LogP contribution in [0.5, 0.6) is 5.75 Å². The van der Waals surface area contributed by atoms with Gasteiger partial charge in [0.2, 0.25) is 0 Å². The Morgan fingerprint density at radius 1 is 1.40 bits per heavy atom. The van der Waals surface area contributed by atoms with Crippen molar-refractivity contribution in [2.45, 2.75) is 12.1 Å². The van der Waals surface area contributed by atoms with Gasteiger partial charge in [-0.05, 0) is 18.2 Å². The molecular weight excluding hydrogens is 329 g/mol. The highest BCUT2D eigenvalue weighted by Gasteiger charge is 2.32. The molecule has 8 heteroatoms. The van der Waals surface area contributed by atoms with E-state index in [1.165, 1.54) is 18.4 Å². The summed E-state index contributed by atoms with van der Waals surface area (Å²) in [6.07, 6.45) is 4.38. The summed E-state index contributed by atoms with van der Waals surface area (Å²) >= 11 is 0. The molecule has 25 heavy (non-hydrogen) atoms. The number of aryl methyl sites for hydroxylation is 1. The van der Waals surface area contributed by atoms with Crippen molar-refractivity contribution in [3.8, 4) is 5.75 Å². The predicted molar refractivity (Wildman–Crippen MR) is 85.9 cm³/mol. The van der Waals surface area contributed by atoms with E-state index in [9.17, 15) is 9.18 Å². The number of rotatable bonds is 4. The highest BCUT2D eigenvalue weighted by atomic mass is 19.1. The molecule has 0 saturated carbocycles. The van der Waals surface area contributed by atoms with Crippen LogP contribution in [-0.4, -0.2) is 41.0 Å². The predicted octanol–water partition coefficient (Wildman–Crippen LogP) is 1.88. The lowest BCUT2D eigenvalue weighted by atomic mass is 10.1. The van der Waals surface area contributed by atoms with E-state index in [0.29, 0.717) is 29.9 Å². The van der Waals surface area contributed by atoms with Crippen LogP contribution in [0, 0.1) is 5.82 Å². The zero-order valence-corrected chi connectivity index (χ0v) is 13.4. The molecule has 0 aliphatic carbocycles. The SMILES string of the molecule is Cn1cc(O[C@@H]2COC[C@@H]2NC(=O)c2ccc(F)c3occc23)cn1. The largest absolute Gasteiger partial charge is 0.482 e. The Kier molecular flexibility index (Phi) is 3.89. The number of nitrogens with zero attached hydrogens (tertiary/aromatic N) is 2. The number of hydrogen-bond donors (Lipinski definition) is 1. The molecule has 1 N–H and O–H groups in total. The molecule has 0 radical (unpaired) electrons. The Morgan fingerprint density at radius 2 is 2.28 bits per heavy atom. The average Bonchev–Trinajstić information content (AvgIpc) is 3.31. The maximum Gasteiger partial charge on any atom is 0.252 e. The molecule has 1 aliphatic heterocycles. The molecule has 1 amide bonds. The molecule has 0 bridgehead atoms. The molecule has 3 aromatic rings. The zero-order chi connectivity index (χ0) is 17.4. The summed E-state index contributed by atoms with van der Waals surface area (Å²) < 4.78 is 31.7. The summed E-state index contributed by atoms with van der Waals surface area (Å²) in [7, 11) is 1.79. The molecule has 1 aliphatic rings. The molecule has 4 rings (SSSR count). The molecule has 2 aromatic heterocycles. The topological polar surface area (TPSA) is 78.5 Å². The van der Waals surface area contributed by atoms with Crippen molar-refractivity contribution < 1.29 is 23.1 Å². The van der Waals surface area contributed by atoms with Gasteiger partial charge in [0.1, 0.15) is 6.10 Å². The van der Waals surface area contributed by atoms with E-state index in [0.717, 1.165) is 0 Å². The van der Waals surface area contributed by atoms with E-state index in [1.807, 2.05) is 0 Å². The monoisotopic (exact) mass is 345 g/mol. The molecule has 7 nitrogen and oxygen atoms in total. The number of amides is 1. The molecule has 1 fully saturated rings. The minimum Gasteiger partial charge on any atom is -0.482 e. The van der Waals surface area contributed by atoms with E-state index in [-0.39, 0.29) is 23.6 Å². The average molecular weight is 345 g/mol. The lowest BCUT2D eigenvalue weighted by Crippen LogP contribution is -2.45. The quantitative estimate of drug-likeness (QED) is 0.781. The molecule has 1 saturated heterocycles. The van der Waals surface area contributed by atoms with Crippen molar-refractivity contribution in [1.82, 2.24) is 15.1 Å². The summed E-state index contributed by atoms with van der Waals surface area (Å²) in [4.78, 5) is 12.6. The van der Waals surface area contributed by atoms with E-state index < -0.39 is 5.82 Å². The van der Waals surface area contributed by atoms with E-state index in [1.54, 1.807) is 30.2 Å². The molecule has 0 spiro atoms. The van der Waals surface area contributed by atoms with Gasteiger partial charge in [-0.25, -0.2) is 4.39 Å². The van der Waals surface area contributed by atoms with Gasteiger partial charge < -0.3 is 19.2 Å². The van der Waals surface area contributed by atoms with Gasteiger partial charge in [-0.15, -0.1) is 0 Å². The molecule has 2 atom stereocenters. The number of carbonyl (C=O) groups is 1. The number of hydrogen-bond acceptors (Lipinski definition) is 5. The Morgan fingerprint density at radius 3 is 3.08 bits per heavy atom. The Balaban J connectivity index is 1.51. The van der Waals surface area contributed by atoms with Gasteiger partial charge in [-0.2, -0.15) is 5.10 Å². The minimum absolute atomic E-state index is 0.0680. The van der Waals surface area contributed by atoms with Crippen LogP contribution in [-0.2, 0) is 11.8 Å². The second kappa shape index (κ2) is 6.21. The fourth-order valence-corrected chi connectivity index (χ4v) is 2.89. The Hall–Kier alpha value is -2.87. The van der Waals surface area contributed by atoms with Gasteiger partial charge in [0.15, 0.2) is 17.1 Å². The number of nitrogens with one attached hydrogen (secondary N) is 1. The lowest BCUT2D eigenvalue weighted by Gasteiger charge is -2.19. The normalized spacial score (nSPS) is 20.1. The lowest BCUT2D eigenvalue weighted by molar-refractivity contribution is 0.0905. The van der Waals surface area contributed by atoms with Crippen LogP contribution in [0.15, 0.2) is 41.3 Å². The first-order valence-electron chi connectivity index (χ1n) is 7.81. The van der Waals surface area contributed by atoms with E-state index in [4.69, 9.17) is 13.9 Å². The number of ether oxygens (including phenoxy) is 2. The summed E-state index contributed by atoms with van der Waals surface area (Å²) in [5.74, 6) is -0.225. The number of carbonyl (C=O) groups excluding carboxylic acids is 1. The summed E-state index contributed by atoms with van der Waals surface area (Å²) in [6.45, 7) is 0.705. The van der Waals surface area contributed by atoms with Gasteiger partial charge in [-0.3, -0.25) is 9.48 Å². The third-order valence-corrected chi connectivity index (χ3v) is 4.13. The zero-order valence-electron chi connectivity index (χ0n) is 13.4. The highest BCUT2D eigenvalue weighted by molar-refractivity contribution is 6.06. The van der Waals surface area contributed by atoms with Crippen LogP contribution in [0.25, 0.3) is 11.0 Å². The molecule has 0 unspecified atom stereocenters. The first kappa shape index (κ1) is 15.6. The number of furan rings is 1. The first-order valence-corrected chi connectivity index (χ1v) is 7.81. The maximum absolute atomic E-state index is 13.7. The van der Waals surface area contributed by atoms with E-state index in [2.05, 4.69) is 10.4 Å². The molecule has 3 heterocycles. The van der Waals surface area contributed by atoms with Crippen LogP contribution in [0.2, 0.25) is 0 Å². The van der Waals surface area contributed by atoms with Gasteiger partial charge in [-0.1, -0.05) is 0 Å². The van der Waals surface area contributed by atoms with Crippen molar-refractivity contribution in [1.29, 1.82) is 0 Å².